The average molecular weight is 530 g/mol. The van der Waals surface area contributed by atoms with Gasteiger partial charge in [-0.05, 0) is 41.5 Å². The number of nitrogens with zero attached hydrogens (tertiary/aromatic N) is 2. The molecule has 5 rings (SSSR count). The summed E-state index contributed by atoms with van der Waals surface area (Å²) in [6.07, 6.45) is 2.31. The molecule has 0 bridgehead atoms. The van der Waals surface area contributed by atoms with Gasteiger partial charge in [-0.1, -0.05) is 60.1 Å². The van der Waals surface area contributed by atoms with Crippen LogP contribution in [0.1, 0.15) is 11.1 Å². The van der Waals surface area contributed by atoms with Crippen LogP contribution in [0, 0.1) is 0 Å². The van der Waals surface area contributed by atoms with E-state index >= 15 is 0 Å². The number of amides is 2. The number of piperazine rings is 1. The Kier molecular flexibility index (Phi) is 8.26. The van der Waals surface area contributed by atoms with E-state index in [4.69, 9.17) is 11.6 Å². The first-order valence-corrected chi connectivity index (χ1v) is 13.3. The monoisotopic (exact) mass is 529 g/mol. The standard InChI is InChI=1S/C30H32ClN5O2/c31-24-12-10-22(11-13-24)19-33-30(38)28(18-23-20-32-27-9-5-4-8-26(23)27)34-29(37)21-35-14-16-36(17-15-35)25-6-2-1-3-7-25/h1-13,20,28,32H,14-19,21H2,(H,33,38)(H,34,37). The first-order chi connectivity index (χ1) is 18.5. The first kappa shape index (κ1) is 25.8. The minimum absolute atomic E-state index is 0.148. The maximum atomic E-state index is 13.3. The zero-order chi connectivity index (χ0) is 26.3. The van der Waals surface area contributed by atoms with E-state index in [0.29, 0.717) is 18.0 Å². The Bertz CT molecular complexity index is 1360. The lowest BCUT2D eigenvalue weighted by molar-refractivity contribution is -0.129. The Morgan fingerprint density at radius 1 is 0.895 bits per heavy atom. The molecule has 1 fully saturated rings. The Balaban J connectivity index is 1.22. The number of carbonyl (C=O) groups is 2. The lowest BCUT2D eigenvalue weighted by Crippen LogP contribution is -2.53. The van der Waals surface area contributed by atoms with E-state index in [1.54, 1.807) is 12.1 Å². The summed E-state index contributed by atoms with van der Waals surface area (Å²) >= 11 is 5.98. The van der Waals surface area contributed by atoms with E-state index in [-0.39, 0.29) is 18.4 Å². The molecule has 2 amide bonds. The number of hydrogen-bond acceptors (Lipinski definition) is 4. The van der Waals surface area contributed by atoms with Crippen LogP contribution in [0.4, 0.5) is 5.69 Å². The molecule has 0 spiro atoms. The highest BCUT2D eigenvalue weighted by molar-refractivity contribution is 6.30. The average Bonchev–Trinajstić information content (AvgIpc) is 3.36. The van der Waals surface area contributed by atoms with Crippen LogP contribution < -0.4 is 15.5 Å². The molecular weight excluding hydrogens is 498 g/mol. The number of anilines is 1. The Morgan fingerprint density at radius 3 is 2.37 bits per heavy atom. The van der Waals surface area contributed by atoms with Gasteiger partial charge in [0, 0.05) is 67.0 Å². The molecule has 0 saturated carbocycles. The predicted molar refractivity (Wildman–Crippen MR) is 152 cm³/mol. The third-order valence-electron chi connectivity index (χ3n) is 6.99. The lowest BCUT2D eigenvalue weighted by Gasteiger charge is -2.35. The largest absolute Gasteiger partial charge is 0.369 e. The summed E-state index contributed by atoms with van der Waals surface area (Å²) in [7, 11) is 0. The zero-order valence-electron chi connectivity index (χ0n) is 21.2. The summed E-state index contributed by atoms with van der Waals surface area (Å²) in [4.78, 5) is 34.1. The van der Waals surface area contributed by atoms with Crippen molar-refractivity contribution in [3.05, 3.63) is 101 Å². The van der Waals surface area contributed by atoms with Crippen molar-refractivity contribution in [2.24, 2.45) is 0 Å². The van der Waals surface area contributed by atoms with E-state index in [9.17, 15) is 9.59 Å². The zero-order valence-corrected chi connectivity index (χ0v) is 22.0. The molecule has 2 heterocycles. The van der Waals surface area contributed by atoms with Crippen LogP contribution >= 0.6 is 11.6 Å². The van der Waals surface area contributed by atoms with Crippen molar-refractivity contribution < 1.29 is 9.59 Å². The molecule has 1 aliphatic rings. The van der Waals surface area contributed by atoms with Crippen molar-refractivity contribution in [3.63, 3.8) is 0 Å². The molecule has 1 aliphatic heterocycles. The van der Waals surface area contributed by atoms with Crippen molar-refractivity contribution in [2.75, 3.05) is 37.6 Å². The molecule has 3 aromatic carbocycles. The summed E-state index contributed by atoms with van der Waals surface area (Å²) in [5, 5.41) is 7.70. The second-order valence-electron chi connectivity index (χ2n) is 9.63. The van der Waals surface area contributed by atoms with Gasteiger partial charge >= 0.3 is 0 Å². The quantitative estimate of drug-likeness (QED) is 0.306. The van der Waals surface area contributed by atoms with Gasteiger partial charge in [0.1, 0.15) is 6.04 Å². The number of halogens is 1. The minimum atomic E-state index is -0.695. The van der Waals surface area contributed by atoms with Crippen LogP contribution in [0.5, 0.6) is 0 Å². The molecule has 0 aliphatic carbocycles. The maximum Gasteiger partial charge on any atom is 0.243 e. The molecule has 3 N–H and O–H groups in total. The van der Waals surface area contributed by atoms with Gasteiger partial charge in [0.2, 0.25) is 11.8 Å². The molecule has 4 aromatic rings. The van der Waals surface area contributed by atoms with Gasteiger partial charge in [-0.2, -0.15) is 0 Å². The number of aromatic amines is 1. The van der Waals surface area contributed by atoms with E-state index < -0.39 is 6.04 Å². The number of carbonyl (C=O) groups excluding carboxylic acids is 2. The fourth-order valence-electron chi connectivity index (χ4n) is 4.89. The van der Waals surface area contributed by atoms with Crippen LogP contribution in [0.3, 0.4) is 0 Å². The maximum absolute atomic E-state index is 13.3. The molecule has 1 saturated heterocycles. The van der Waals surface area contributed by atoms with Crippen molar-refractivity contribution in [2.45, 2.75) is 19.0 Å². The predicted octanol–water partition coefficient (Wildman–Crippen LogP) is 3.99. The van der Waals surface area contributed by atoms with Gasteiger partial charge in [0.15, 0.2) is 0 Å². The van der Waals surface area contributed by atoms with E-state index in [0.717, 1.165) is 48.2 Å². The number of para-hydroxylation sites is 2. The summed E-state index contributed by atoms with van der Waals surface area (Å²) in [6.45, 7) is 3.92. The third-order valence-corrected chi connectivity index (χ3v) is 7.24. The highest BCUT2D eigenvalue weighted by Crippen LogP contribution is 2.20. The number of rotatable bonds is 9. The fourth-order valence-corrected chi connectivity index (χ4v) is 5.02. The molecule has 8 heteroatoms. The number of hydrogen-bond donors (Lipinski definition) is 3. The molecule has 38 heavy (non-hydrogen) atoms. The SMILES string of the molecule is O=C(CN1CCN(c2ccccc2)CC1)NC(Cc1c[nH]c2ccccc12)C(=O)NCc1ccc(Cl)cc1. The smallest absolute Gasteiger partial charge is 0.243 e. The number of fused-ring (bicyclic) bond motifs is 1. The molecular formula is C30H32ClN5O2. The minimum Gasteiger partial charge on any atom is -0.369 e. The highest BCUT2D eigenvalue weighted by Gasteiger charge is 2.25. The van der Waals surface area contributed by atoms with Gasteiger partial charge in [-0.3, -0.25) is 14.5 Å². The first-order valence-electron chi connectivity index (χ1n) is 12.9. The van der Waals surface area contributed by atoms with Gasteiger partial charge in [-0.25, -0.2) is 0 Å². The summed E-state index contributed by atoms with van der Waals surface area (Å²) < 4.78 is 0. The summed E-state index contributed by atoms with van der Waals surface area (Å²) in [6, 6.07) is 25.0. The van der Waals surface area contributed by atoms with Gasteiger partial charge in [0.05, 0.1) is 6.54 Å². The highest BCUT2D eigenvalue weighted by atomic mass is 35.5. The fraction of sp³-hybridized carbons (Fsp3) is 0.267. The van der Waals surface area contributed by atoms with E-state index in [1.165, 1.54) is 5.69 Å². The second kappa shape index (κ2) is 12.2. The van der Waals surface area contributed by atoms with E-state index in [2.05, 4.69) is 37.6 Å². The summed E-state index contributed by atoms with van der Waals surface area (Å²) in [5.41, 5.74) is 4.14. The van der Waals surface area contributed by atoms with Crippen molar-refractivity contribution in [1.82, 2.24) is 20.5 Å². The van der Waals surface area contributed by atoms with Crippen molar-refractivity contribution >= 4 is 40.0 Å². The van der Waals surface area contributed by atoms with Crippen LogP contribution in [0.25, 0.3) is 10.9 Å². The molecule has 1 atom stereocenters. The number of aromatic nitrogens is 1. The van der Waals surface area contributed by atoms with Crippen LogP contribution in [-0.4, -0.2) is 60.5 Å². The lowest BCUT2D eigenvalue weighted by atomic mass is 10.0. The molecule has 1 aromatic heterocycles. The van der Waals surface area contributed by atoms with Crippen LogP contribution in [0.2, 0.25) is 5.02 Å². The third kappa shape index (κ3) is 6.54. The molecule has 0 radical (unpaired) electrons. The Labute approximate surface area is 227 Å². The van der Waals surface area contributed by atoms with Crippen molar-refractivity contribution in [1.29, 1.82) is 0 Å². The Hall–Kier alpha value is -3.81. The van der Waals surface area contributed by atoms with Crippen LogP contribution in [0.15, 0.2) is 85.1 Å². The molecule has 1 unspecified atom stereocenters. The Morgan fingerprint density at radius 2 is 1.61 bits per heavy atom. The van der Waals surface area contributed by atoms with Gasteiger partial charge < -0.3 is 20.5 Å². The van der Waals surface area contributed by atoms with Crippen molar-refractivity contribution in [3.8, 4) is 0 Å². The number of H-pyrrole nitrogens is 1. The number of nitrogens with one attached hydrogen (secondary N) is 3. The van der Waals surface area contributed by atoms with Gasteiger partial charge in [-0.15, -0.1) is 0 Å². The second-order valence-corrected chi connectivity index (χ2v) is 10.1. The van der Waals surface area contributed by atoms with Gasteiger partial charge in [0.25, 0.3) is 0 Å². The van der Waals surface area contributed by atoms with Crippen LogP contribution in [-0.2, 0) is 22.6 Å². The molecule has 196 valence electrons. The molecule has 7 nitrogen and oxygen atoms in total. The normalized spacial score (nSPS) is 14.8. The topological polar surface area (TPSA) is 80.5 Å². The summed E-state index contributed by atoms with van der Waals surface area (Å²) in [5.74, 6) is -0.364. The number of benzene rings is 3. The van der Waals surface area contributed by atoms with E-state index in [1.807, 2.05) is 60.8 Å².